The average molecular weight is 607 g/mol. The molecular weight excluding hydrogens is 576 g/mol. The van der Waals surface area contributed by atoms with Gasteiger partial charge in [-0.05, 0) is 97.8 Å². The van der Waals surface area contributed by atoms with E-state index in [1.165, 1.54) is 12.4 Å². The van der Waals surface area contributed by atoms with Crippen LogP contribution >= 0.6 is 0 Å². The molecule has 4 aromatic carbocycles. The number of ether oxygens (including phenoxy) is 3. The molecule has 2 amide bonds. The molecule has 45 heavy (non-hydrogen) atoms. The minimum atomic E-state index is -0.561. The summed E-state index contributed by atoms with van der Waals surface area (Å²) in [4.78, 5) is 48.3. The molecule has 4 rings (SSSR count). The van der Waals surface area contributed by atoms with Crippen LogP contribution in [0.4, 0.5) is 0 Å². The zero-order valence-corrected chi connectivity index (χ0v) is 24.6. The Bertz CT molecular complexity index is 1550. The molecule has 11 heteroatoms. The van der Waals surface area contributed by atoms with Crippen LogP contribution in [0.5, 0.6) is 11.5 Å². The predicted molar refractivity (Wildman–Crippen MR) is 167 cm³/mol. The van der Waals surface area contributed by atoms with Crippen molar-refractivity contribution in [3.8, 4) is 11.5 Å². The van der Waals surface area contributed by atoms with Crippen molar-refractivity contribution in [3.05, 3.63) is 130 Å². The molecule has 2 N–H and O–H groups in total. The van der Waals surface area contributed by atoms with Gasteiger partial charge in [-0.25, -0.2) is 20.4 Å². The van der Waals surface area contributed by atoms with Crippen LogP contribution in [0.3, 0.4) is 0 Å². The third-order valence-electron chi connectivity index (χ3n) is 6.03. The summed E-state index contributed by atoms with van der Waals surface area (Å²) < 4.78 is 15.8. The Morgan fingerprint density at radius 1 is 0.556 bits per heavy atom. The highest BCUT2D eigenvalue weighted by Crippen LogP contribution is 2.15. The minimum Gasteiger partial charge on any atom is -0.423 e. The van der Waals surface area contributed by atoms with Crippen LogP contribution in [-0.4, -0.2) is 49.4 Å². The summed E-state index contributed by atoms with van der Waals surface area (Å²) in [6.45, 7) is 3.07. The van der Waals surface area contributed by atoms with Crippen molar-refractivity contribution in [2.24, 2.45) is 10.2 Å². The number of carbonyl (C=O) groups excluding carboxylic acids is 4. The number of nitrogens with zero attached hydrogens (tertiary/aromatic N) is 2. The summed E-state index contributed by atoms with van der Waals surface area (Å²) in [5, 5.41) is 7.69. The van der Waals surface area contributed by atoms with Gasteiger partial charge in [-0.3, -0.25) is 9.59 Å². The van der Waals surface area contributed by atoms with E-state index >= 15 is 0 Å². The van der Waals surface area contributed by atoms with Crippen LogP contribution in [0.1, 0.15) is 43.0 Å². The lowest BCUT2D eigenvalue weighted by Gasteiger charge is -2.05. The summed E-state index contributed by atoms with van der Waals surface area (Å²) in [6, 6.07) is 27.2. The number of nitrogens with one attached hydrogen (secondary N) is 2. The van der Waals surface area contributed by atoms with Crippen molar-refractivity contribution >= 4 is 36.2 Å². The number of benzene rings is 4. The highest BCUT2D eigenvalue weighted by Gasteiger charge is 2.09. The molecular formula is C34H30N4O7. The summed E-state index contributed by atoms with van der Waals surface area (Å²) in [5.41, 5.74) is 8.89. The lowest BCUT2D eigenvalue weighted by molar-refractivity contribution is -0.130. The first-order valence-corrected chi connectivity index (χ1v) is 13.7. The summed E-state index contributed by atoms with van der Waals surface area (Å²) in [6.07, 6.45) is 2.82. The molecule has 4 aromatic rings. The van der Waals surface area contributed by atoms with E-state index in [-0.39, 0.29) is 0 Å². The fourth-order valence-corrected chi connectivity index (χ4v) is 3.61. The van der Waals surface area contributed by atoms with Crippen molar-refractivity contribution in [2.75, 3.05) is 13.2 Å². The summed E-state index contributed by atoms with van der Waals surface area (Å²) >= 11 is 0. The number of esters is 2. The van der Waals surface area contributed by atoms with Crippen LogP contribution < -0.4 is 20.3 Å². The normalized spacial score (nSPS) is 10.9. The van der Waals surface area contributed by atoms with E-state index in [1.54, 1.807) is 72.8 Å². The molecule has 0 radical (unpaired) electrons. The van der Waals surface area contributed by atoms with E-state index in [9.17, 15) is 19.2 Å². The monoisotopic (exact) mass is 606 g/mol. The molecule has 0 aliphatic carbocycles. The fourth-order valence-electron chi connectivity index (χ4n) is 3.61. The first kappa shape index (κ1) is 32.0. The summed E-state index contributed by atoms with van der Waals surface area (Å²) in [7, 11) is 0. The second-order valence-corrected chi connectivity index (χ2v) is 9.73. The first-order valence-electron chi connectivity index (χ1n) is 13.7. The van der Waals surface area contributed by atoms with Gasteiger partial charge in [-0.15, -0.1) is 0 Å². The second kappa shape index (κ2) is 16.1. The number of hydrogen-bond acceptors (Lipinski definition) is 9. The molecule has 0 bridgehead atoms. The highest BCUT2D eigenvalue weighted by molar-refractivity contribution is 5.92. The maximum Gasteiger partial charge on any atom is 0.343 e. The van der Waals surface area contributed by atoms with Crippen molar-refractivity contribution in [1.82, 2.24) is 10.9 Å². The van der Waals surface area contributed by atoms with Crippen molar-refractivity contribution in [1.29, 1.82) is 0 Å². The number of hydrogen-bond donors (Lipinski definition) is 2. The number of hydrazone groups is 2. The SMILES string of the molecule is Cc1ccc(C(=O)Oc2ccc(C=NNC(=O)COCC(=O)NN=Cc3ccc(OC(=O)c4ccc(C)cc4)cc3)cc2)cc1. The van der Waals surface area contributed by atoms with Crippen LogP contribution in [0.25, 0.3) is 0 Å². The second-order valence-electron chi connectivity index (χ2n) is 9.73. The molecule has 228 valence electrons. The van der Waals surface area contributed by atoms with Crippen LogP contribution in [0, 0.1) is 13.8 Å². The lowest BCUT2D eigenvalue weighted by atomic mass is 10.1. The van der Waals surface area contributed by atoms with Gasteiger partial charge in [0.25, 0.3) is 11.8 Å². The lowest BCUT2D eigenvalue weighted by Crippen LogP contribution is -2.28. The van der Waals surface area contributed by atoms with Gasteiger partial charge in [0.15, 0.2) is 0 Å². The molecule has 0 spiro atoms. The Balaban J connectivity index is 1.10. The van der Waals surface area contributed by atoms with E-state index < -0.39 is 37.0 Å². The third kappa shape index (κ3) is 10.7. The molecule has 0 saturated carbocycles. The van der Waals surface area contributed by atoms with Gasteiger partial charge < -0.3 is 14.2 Å². The minimum absolute atomic E-state index is 0.368. The largest absolute Gasteiger partial charge is 0.423 e. The highest BCUT2D eigenvalue weighted by atomic mass is 16.5. The number of amides is 2. The van der Waals surface area contributed by atoms with Crippen molar-refractivity contribution < 1.29 is 33.4 Å². The molecule has 0 fully saturated rings. The standard InChI is InChI=1S/C34H30N4O7/c1-23-3-11-27(12-4-23)33(41)44-29-15-7-25(8-16-29)19-35-37-31(39)21-43-22-32(40)38-36-20-26-9-17-30(18-10-26)45-34(42)28-13-5-24(2)6-14-28/h3-20H,21-22H2,1-2H3,(H,37,39)(H,38,40). The quantitative estimate of drug-likeness (QED) is 0.106. The summed E-state index contributed by atoms with van der Waals surface area (Å²) in [5.74, 6) is -1.31. The maximum absolute atomic E-state index is 12.2. The van der Waals surface area contributed by atoms with Gasteiger partial charge in [-0.2, -0.15) is 10.2 Å². The van der Waals surface area contributed by atoms with E-state index in [1.807, 2.05) is 38.1 Å². The maximum atomic E-state index is 12.2. The Kier molecular flexibility index (Phi) is 11.4. The molecule has 0 atom stereocenters. The van der Waals surface area contributed by atoms with Gasteiger partial charge in [0.2, 0.25) is 0 Å². The molecule has 0 aliphatic heterocycles. The Morgan fingerprint density at radius 3 is 1.27 bits per heavy atom. The number of rotatable bonds is 12. The molecule has 0 saturated heterocycles. The van der Waals surface area contributed by atoms with Crippen LogP contribution in [0.2, 0.25) is 0 Å². The van der Waals surface area contributed by atoms with E-state index in [0.29, 0.717) is 33.8 Å². The number of carbonyl (C=O) groups is 4. The molecule has 11 nitrogen and oxygen atoms in total. The average Bonchev–Trinajstić information content (AvgIpc) is 3.03. The number of aryl methyl sites for hydroxylation is 2. The van der Waals surface area contributed by atoms with E-state index in [2.05, 4.69) is 21.1 Å². The predicted octanol–water partition coefficient (Wildman–Crippen LogP) is 4.36. The Hall–Kier alpha value is -5.94. The molecule has 0 aromatic heterocycles. The Morgan fingerprint density at radius 2 is 0.911 bits per heavy atom. The zero-order valence-electron chi connectivity index (χ0n) is 24.6. The van der Waals surface area contributed by atoms with Gasteiger partial charge in [0.05, 0.1) is 23.6 Å². The van der Waals surface area contributed by atoms with Gasteiger partial charge in [0.1, 0.15) is 24.7 Å². The van der Waals surface area contributed by atoms with Crippen LogP contribution in [0.15, 0.2) is 107 Å². The molecule has 0 heterocycles. The van der Waals surface area contributed by atoms with Crippen LogP contribution in [-0.2, 0) is 14.3 Å². The topological polar surface area (TPSA) is 145 Å². The van der Waals surface area contributed by atoms with Gasteiger partial charge in [-0.1, -0.05) is 35.4 Å². The smallest absolute Gasteiger partial charge is 0.343 e. The fraction of sp³-hybridized carbons (Fsp3) is 0.118. The Labute approximate surface area is 259 Å². The van der Waals surface area contributed by atoms with E-state index in [0.717, 1.165) is 11.1 Å². The van der Waals surface area contributed by atoms with Crippen molar-refractivity contribution in [2.45, 2.75) is 13.8 Å². The third-order valence-corrected chi connectivity index (χ3v) is 6.03. The van der Waals surface area contributed by atoms with Gasteiger partial charge in [0, 0.05) is 0 Å². The molecule has 0 aliphatic rings. The first-order chi connectivity index (χ1) is 21.7. The van der Waals surface area contributed by atoms with Crippen molar-refractivity contribution in [3.63, 3.8) is 0 Å². The zero-order chi connectivity index (χ0) is 32.0. The van der Waals surface area contributed by atoms with E-state index in [4.69, 9.17) is 14.2 Å². The van der Waals surface area contributed by atoms with Gasteiger partial charge >= 0.3 is 11.9 Å². The molecule has 0 unspecified atom stereocenters.